The number of hydrogen-bond acceptors (Lipinski definition) is 3. The van der Waals surface area contributed by atoms with E-state index in [2.05, 4.69) is 0 Å². The summed E-state index contributed by atoms with van der Waals surface area (Å²) < 4.78 is 0. The summed E-state index contributed by atoms with van der Waals surface area (Å²) in [5.74, 6) is -0.365. The number of nitrogens with zero attached hydrogens (tertiary/aromatic N) is 1. The molecule has 1 rings (SSSR count). The summed E-state index contributed by atoms with van der Waals surface area (Å²) in [4.78, 5) is 21.6. The third-order valence-corrected chi connectivity index (χ3v) is 2.65. The molecule has 4 nitrogen and oxygen atoms in total. The van der Waals surface area contributed by atoms with E-state index in [1.807, 2.05) is 30.3 Å². The van der Waals surface area contributed by atoms with Gasteiger partial charge in [0.25, 0.3) is 0 Å². The van der Waals surface area contributed by atoms with Crippen molar-refractivity contribution in [3.63, 3.8) is 0 Å². The lowest BCUT2D eigenvalue weighted by atomic mass is 9.88. The summed E-state index contributed by atoms with van der Waals surface area (Å²) >= 11 is 0. The predicted molar refractivity (Wildman–Crippen MR) is 60.9 cm³/mol. The van der Waals surface area contributed by atoms with E-state index in [-0.39, 0.29) is 23.0 Å². The minimum atomic E-state index is -0.744. The Bertz CT molecular complexity index is 375. The number of benzene rings is 1. The molecule has 4 heteroatoms. The number of ketones is 1. The van der Waals surface area contributed by atoms with Crippen LogP contribution in [0.25, 0.3) is 0 Å². The van der Waals surface area contributed by atoms with Crippen LogP contribution in [0.3, 0.4) is 0 Å². The fraction of sp³-hybridized carbons (Fsp3) is 0.417. The van der Waals surface area contributed by atoms with Gasteiger partial charge in [-0.3, -0.25) is 10.1 Å². The van der Waals surface area contributed by atoms with E-state index in [9.17, 15) is 14.9 Å². The van der Waals surface area contributed by atoms with Gasteiger partial charge in [0.1, 0.15) is 5.78 Å². The Labute approximate surface area is 94.4 Å². The number of nitro groups is 1. The van der Waals surface area contributed by atoms with Crippen molar-refractivity contribution in [2.75, 3.05) is 0 Å². The van der Waals surface area contributed by atoms with Crippen molar-refractivity contribution in [3.8, 4) is 0 Å². The fourth-order valence-corrected chi connectivity index (χ4v) is 1.72. The van der Waals surface area contributed by atoms with Crippen molar-refractivity contribution >= 4 is 5.78 Å². The first-order chi connectivity index (χ1) is 7.52. The Morgan fingerprint density at radius 2 is 1.94 bits per heavy atom. The third-order valence-electron chi connectivity index (χ3n) is 2.65. The smallest absolute Gasteiger partial charge is 0.217 e. The van der Waals surface area contributed by atoms with Gasteiger partial charge in [-0.2, -0.15) is 0 Å². The van der Waals surface area contributed by atoms with Gasteiger partial charge in [0.15, 0.2) is 0 Å². The Balaban J connectivity index is 2.96. The molecule has 0 radical (unpaired) electrons. The third kappa shape index (κ3) is 3.15. The molecule has 0 aliphatic heterocycles. The molecule has 0 aliphatic rings. The molecule has 0 heterocycles. The topological polar surface area (TPSA) is 60.2 Å². The van der Waals surface area contributed by atoms with Crippen LogP contribution >= 0.6 is 0 Å². The maximum atomic E-state index is 11.1. The maximum Gasteiger partial charge on any atom is 0.217 e. The molecule has 0 saturated heterocycles. The van der Waals surface area contributed by atoms with Crippen molar-refractivity contribution in [1.29, 1.82) is 0 Å². The Morgan fingerprint density at radius 1 is 1.38 bits per heavy atom. The summed E-state index contributed by atoms with van der Waals surface area (Å²) in [6, 6.07) is 8.42. The van der Waals surface area contributed by atoms with Crippen LogP contribution in [0.5, 0.6) is 0 Å². The maximum absolute atomic E-state index is 11.1. The summed E-state index contributed by atoms with van der Waals surface area (Å²) in [6.07, 6.45) is 0.214. The molecule has 0 aromatic heterocycles. The molecule has 86 valence electrons. The number of carbonyl (C=O) groups is 1. The van der Waals surface area contributed by atoms with Crippen molar-refractivity contribution in [2.45, 2.75) is 32.2 Å². The molecule has 0 bridgehead atoms. The first-order valence-electron chi connectivity index (χ1n) is 5.20. The number of hydrogen-bond donors (Lipinski definition) is 0. The molecule has 0 amide bonds. The van der Waals surface area contributed by atoms with E-state index in [1.54, 1.807) is 6.92 Å². The average Bonchev–Trinajstić information content (AvgIpc) is 2.26. The average molecular weight is 221 g/mol. The summed E-state index contributed by atoms with van der Waals surface area (Å²) in [5.41, 5.74) is 0.849. The van der Waals surface area contributed by atoms with Gasteiger partial charge < -0.3 is 4.79 Å². The van der Waals surface area contributed by atoms with Crippen LogP contribution in [0.2, 0.25) is 0 Å². The molecule has 0 fully saturated rings. The van der Waals surface area contributed by atoms with Gasteiger partial charge in [-0.25, -0.2) is 0 Å². The Hall–Kier alpha value is -1.71. The van der Waals surface area contributed by atoms with E-state index in [4.69, 9.17) is 0 Å². The van der Waals surface area contributed by atoms with E-state index in [0.717, 1.165) is 5.56 Å². The normalized spacial score (nSPS) is 14.1. The molecule has 2 atom stereocenters. The lowest BCUT2D eigenvalue weighted by molar-refractivity contribution is -0.522. The van der Waals surface area contributed by atoms with Gasteiger partial charge in [0.05, 0.1) is 5.92 Å². The summed E-state index contributed by atoms with van der Waals surface area (Å²) in [7, 11) is 0. The highest BCUT2D eigenvalue weighted by molar-refractivity contribution is 5.76. The molecule has 0 saturated carbocycles. The van der Waals surface area contributed by atoms with Crippen LogP contribution in [0.1, 0.15) is 31.7 Å². The first kappa shape index (κ1) is 12.4. The van der Waals surface area contributed by atoms with E-state index < -0.39 is 6.04 Å². The van der Waals surface area contributed by atoms with Gasteiger partial charge >= 0.3 is 0 Å². The monoisotopic (exact) mass is 221 g/mol. The lowest BCUT2D eigenvalue weighted by Gasteiger charge is -2.17. The zero-order valence-corrected chi connectivity index (χ0v) is 9.42. The molecular weight excluding hydrogens is 206 g/mol. The number of carbonyl (C=O) groups excluding carboxylic acids is 1. The molecule has 0 spiro atoms. The van der Waals surface area contributed by atoms with Crippen molar-refractivity contribution in [2.24, 2.45) is 0 Å². The molecule has 1 aromatic rings. The van der Waals surface area contributed by atoms with Gasteiger partial charge in [0, 0.05) is 18.3 Å². The first-order valence-corrected chi connectivity index (χ1v) is 5.20. The molecule has 0 N–H and O–H groups in total. The van der Waals surface area contributed by atoms with Crippen molar-refractivity contribution in [1.82, 2.24) is 0 Å². The predicted octanol–water partition coefficient (Wildman–Crippen LogP) is 2.41. The Morgan fingerprint density at radius 3 is 2.38 bits per heavy atom. The van der Waals surface area contributed by atoms with E-state index in [1.165, 1.54) is 6.92 Å². The van der Waals surface area contributed by atoms with Gasteiger partial charge in [-0.15, -0.1) is 0 Å². The van der Waals surface area contributed by atoms with E-state index >= 15 is 0 Å². The van der Waals surface area contributed by atoms with Crippen LogP contribution in [-0.4, -0.2) is 16.7 Å². The van der Waals surface area contributed by atoms with Crippen molar-refractivity contribution in [3.05, 3.63) is 46.0 Å². The minimum Gasteiger partial charge on any atom is -0.300 e. The SMILES string of the molecule is CC(=O)C[C@H](c1ccccc1)[C@H](C)[N+](=O)[O-]. The number of Topliss-reactive ketones (excluding diaryl/α,β-unsaturated/α-hetero) is 1. The molecule has 0 aliphatic carbocycles. The van der Waals surface area contributed by atoms with Crippen LogP contribution in [0.15, 0.2) is 30.3 Å². The fourth-order valence-electron chi connectivity index (χ4n) is 1.72. The quantitative estimate of drug-likeness (QED) is 0.566. The highest BCUT2D eigenvalue weighted by Crippen LogP contribution is 2.25. The minimum absolute atomic E-state index is 0.0254. The molecule has 0 unspecified atom stereocenters. The van der Waals surface area contributed by atoms with Gasteiger partial charge in [0.2, 0.25) is 6.04 Å². The second kappa shape index (κ2) is 5.39. The van der Waals surface area contributed by atoms with Gasteiger partial charge in [-0.1, -0.05) is 30.3 Å². The lowest BCUT2D eigenvalue weighted by Crippen LogP contribution is -2.25. The summed E-state index contributed by atoms with van der Waals surface area (Å²) in [6.45, 7) is 3.00. The summed E-state index contributed by atoms with van der Waals surface area (Å²) in [5, 5.41) is 10.8. The van der Waals surface area contributed by atoms with Crippen LogP contribution in [0, 0.1) is 10.1 Å². The zero-order chi connectivity index (χ0) is 12.1. The highest BCUT2D eigenvalue weighted by Gasteiger charge is 2.28. The standard InChI is InChI=1S/C12H15NO3/c1-9(14)8-12(10(2)13(15)16)11-6-4-3-5-7-11/h3-7,10,12H,8H2,1-2H3/t10-,12-/m0/s1. The van der Waals surface area contributed by atoms with Gasteiger partial charge in [-0.05, 0) is 12.5 Å². The number of rotatable bonds is 5. The Kier molecular flexibility index (Phi) is 4.17. The highest BCUT2D eigenvalue weighted by atomic mass is 16.6. The van der Waals surface area contributed by atoms with Crippen molar-refractivity contribution < 1.29 is 9.72 Å². The zero-order valence-electron chi connectivity index (χ0n) is 9.42. The largest absolute Gasteiger partial charge is 0.300 e. The molecule has 1 aromatic carbocycles. The second-order valence-electron chi connectivity index (χ2n) is 3.95. The molecule has 16 heavy (non-hydrogen) atoms. The second-order valence-corrected chi connectivity index (χ2v) is 3.95. The molecular formula is C12H15NO3. The van der Waals surface area contributed by atoms with Crippen LogP contribution in [0.4, 0.5) is 0 Å². The van der Waals surface area contributed by atoms with E-state index in [0.29, 0.717) is 0 Å². The van der Waals surface area contributed by atoms with Crippen LogP contribution in [-0.2, 0) is 4.79 Å². The van der Waals surface area contributed by atoms with Crippen LogP contribution < -0.4 is 0 Å².